The molecule has 0 saturated carbocycles. The van der Waals surface area contributed by atoms with Crippen LogP contribution in [-0.2, 0) is 0 Å². The Hall–Kier alpha value is -1.28. The van der Waals surface area contributed by atoms with E-state index in [2.05, 4.69) is 35.0 Å². The largest absolute Gasteiger partial charge is 0.508 e. The van der Waals surface area contributed by atoms with Crippen molar-refractivity contribution in [1.29, 1.82) is 0 Å². The smallest absolute Gasteiger partial charge is 0.115 e. The molecule has 2 rings (SSSR count). The molecule has 0 unspecified atom stereocenters. The molecule has 78 valence electrons. The summed E-state index contributed by atoms with van der Waals surface area (Å²) in [6.07, 6.45) is 0. The third-order valence-corrected chi connectivity index (χ3v) is 2.23. The molecule has 0 aliphatic heterocycles. The van der Waals surface area contributed by atoms with Gasteiger partial charge >= 0.3 is 0 Å². The fourth-order valence-electron chi connectivity index (χ4n) is 1.03. The van der Waals surface area contributed by atoms with Gasteiger partial charge < -0.3 is 5.11 Å². The van der Waals surface area contributed by atoms with E-state index in [1.807, 2.05) is 18.2 Å². The van der Waals surface area contributed by atoms with Crippen molar-refractivity contribution >= 4 is 15.9 Å². The Kier molecular flexibility index (Phi) is 4.91. The van der Waals surface area contributed by atoms with Gasteiger partial charge in [-0.3, -0.25) is 0 Å². The van der Waals surface area contributed by atoms with Crippen LogP contribution in [0.25, 0.3) is 0 Å². The lowest BCUT2D eigenvalue weighted by molar-refractivity contribution is 0.475. The van der Waals surface area contributed by atoms with Crippen LogP contribution < -0.4 is 0 Å². The lowest BCUT2D eigenvalue weighted by Gasteiger charge is -1.89. The number of rotatable bonds is 0. The van der Waals surface area contributed by atoms with Crippen molar-refractivity contribution in [3.05, 3.63) is 64.6 Å². The molecule has 15 heavy (non-hydrogen) atoms. The number of hydrogen-bond acceptors (Lipinski definition) is 1. The second kappa shape index (κ2) is 6.25. The first kappa shape index (κ1) is 11.8. The zero-order chi connectivity index (χ0) is 11.1. The number of phenols is 1. The third kappa shape index (κ3) is 5.23. The Morgan fingerprint density at radius 3 is 1.93 bits per heavy atom. The number of phenolic OH excluding ortho intramolecular Hbond substituents is 1. The summed E-state index contributed by atoms with van der Waals surface area (Å²) in [6.45, 7) is 2.07. The van der Waals surface area contributed by atoms with Crippen LogP contribution in [0, 0.1) is 6.92 Å². The van der Waals surface area contributed by atoms with Gasteiger partial charge in [0.25, 0.3) is 0 Å². The number of para-hydroxylation sites is 1. The normalized spacial score (nSPS) is 8.93. The fraction of sp³-hybridized carbons (Fsp3) is 0.0769. The average molecular weight is 265 g/mol. The minimum atomic E-state index is 0.322. The average Bonchev–Trinajstić information content (AvgIpc) is 2.19. The van der Waals surface area contributed by atoms with Gasteiger partial charge in [-0.15, -0.1) is 0 Å². The molecule has 2 aromatic rings. The first-order chi connectivity index (χ1) is 7.18. The van der Waals surface area contributed by atoms with Gasteiger partial charge in [0, 0.05) is 4.47 Å². The second-order valence-electron chi connectivity index (χ2n) is 3.13. The molecule has 0 fully saturated rings. The van der Waals surface area contributed by atoms with Crippen LogP contribution in [0.4, 0.5) is 0 Å². The Bertz CT molecular complexity index is 381. The van der Waals surface area contributed by atoms with Gasteiger partial charge in [0.05, 0.1) is 0 Å². The highest BCUT2D eigenvalue weighted by atomic mass is 79.9. The van der Waals surface area contributed by atoms with Crippen molar-refractivity contribution in [2.75, 3.05) is 0 Å². The summed E-state index contributed by atoms with van der Waals surface area (Å²) in [5.74, 6) is 0.322. The Morgan fingerprint density at radius 1 is 0.933 bits per heavy atom. The fourth-order valence-corrected chi connectivity index (χ4v) is 1.55. The molecule has 0 heterocycles. The van der Waals surface area contributed by atoms with Crippen molar-refractivity contribution in [2.45, 2.75) is 6.92 Å². The van der Waals surface area contributed by atoms with Gasteiger partial charge in [0.1, 0.15) is 5.75 Å². The summed E-state index contributed by atoms with van der Waals surface area (Å²) in [5, 5.41) is 8.63. The molecule has 2 aromatic carbocycles. The molecular formula is C13H13BrO. The highest BCUT2D eigenvalue weighted by Crippen LogP contribution is 2.09. The molecule has 2 heteroatoms. The Morgan fingerprint density at radius 2 is 1.60 bits per heavy atom. The van der Waals surface area contributed by atoms with Gasteiger partial charge in [-0.05, 0) is 31.2 Å². The number of aromatic hydroxyl groups is 1. The van der Waals surface area contributed by atoms with E-state index >= 15 is 0 Å². The lowest BCUT2D eigenvalue weighted by Crippen LogP contribution is -1.67. The van der Waals surface area contributed by atoms with E-state index in [0.29, 0.717) is 5.75 Å². The minimum Gasteiger partial charge on any atom is -0.508 e. The SMILES string of the molecule is Cc1cccc(Br)c1.Oc1ccccc1. The van der Waals surface area contributed by atoms with Crippen LogP contribution in [0.2, 0.25) is 0 Å². The van der Waals surface area contributed by atoms with E-state index in [0.717, 1.165) is 4.47 Å². The molecule has 0 amide bonds. The molecule has 0 radical (unpaired) electrons. The van der Waals surface area contributed by atoms with E-state index in [1.165, 1.54) is 5.56 Å². The van der Waals surface area contributed by atoms with Crippen molar-refractivity contribution in [2.24, 2.45) is 0 Å². The van der Waals surface area contributed by atoms with Gasteiger partial charge in [-0.25, -0.2) is 0 Å². The summed E-state index contributed by atoms with van der Waals surface area (Å²) >= 11 is 3.36. The first-order valence-corrected chi connectivity index (χ1v) is 5.44. The van der Waals surface area contributed by atoms with Crippen molar-refractivity contribution < 1.29 is 5.11 Å². The van der Waals surface area contributed by atoms with Crippen molar-refractivity contribution in [3.8, 4) is 5.75 Å². The van der Waals surface area contributed by atoms with Crippen LogP contribution >= 0.6 is 15.9 Å². The van der Waals surface area contributed by atoms with Gasteiger partial charge in [-0.1, -0.05) is 51.8 Å². The zero-order valence-corrected chi connectivity index (χ0v) is 10.1. The number of hydrogen-bond donors (Lipinski definition) is 1. The zero-order valence-electron chi connectivity index (χ0n) is 8.52. The summed E-state index contributed by atoms with van der Waals surface area (Å²) in [5.41, 5.74) is 1.29. The summed E-state index contributed by atoms with van der Waals surface area (Å²) in [4.78, 5) is 0. The summed E-state index contributed by atoms with van der Waals surface area (Å²) in [6, 6.07) is 16.9. The standard InChI is InChI=1S/C7H7Br.C6H6O/c1-6-3-2-4-7(8)5-6;7-6-4-2-1-3-5-6/h2-5H,1H3;1-5,7H. The van der Waals surface area contributed by atoms with Crippen molar-refractivity contribution in [3.63, 3.8) is 0 Å². The Labute approximate surface area is 98.5 Å². The van der Waals surface area contributed by atoms with E-state index in [9.17, 15) is 0 Å². The van der Waals surface area contributed by atoms with E-state index in [1.54, 1.807) is 24.3 Å². The molecule has 0 saturated heterocycles. The lowest BCUT2D eigenvalue weighted by atomic mass is 10.2. The van der Waals surface area contributed by atoms with Crippen molar-refractivity contribution in [1.82, 2.24) is 0 Å². The third-order valence-electron chi connectivity index (χ3n) is 1.74. The van der Waals surface area contributed by atoms with Gasteiger partial charge in [0.15, 0.2) is 0 Å². The van der Waals surface area contributed by atoms with E-state index in [-0.39, 0.29) is 0 Å². The van der Waals surface area contributed by atoms with E-state index < -0.39 is 0 Å². The maximum atomic E-state index is 8.63. The quantitative estimate of drug-likeness (QED) is 0.758. The predicted octanol–water partition coefficient (Wildman–Crippen LogP) is 4.15. The number of halogens is 1. The second-order valence-corrected chi connectivity index (χ2v) is 4.05. The number of benzene rings is 2. The van der Waals surface area contributed by atoms with Crippen LogP contribution in [-0.4, -0.2) is 5.11 Å². The molecule has 0 aliphatic carbocycles. The number of aryl methyl sites for hydroxylation is 1. The van der Waals surface area contributed by atoms with Crippen LogP contribution in [0.5, 0.6) is 5.75 Å². The van der Waals surface area contributed by atoms with Crippen LogP contribution in [0.3, 0.4) is 0 Å². The molecule has 1 N–H and O–H groups in total. The maximum Gasteiger partial charge on any atom is 0.115 e. The van der Waals surface area contributed by atoms with E-state index in [4.69, 9.17) is 5.11 Å². The monoisotopic (exact) mass is 264 g/mol. The molecular weight excluding hydrogens is 252 g/mol. The molecule has 0 aromatic heterocycles. The topological polar surface area (TPSA) is 20.2 Å². The molecule has 0 spiro atoms. The summed E-state index contributed by atoms with van der Waals surface area (Å²) in [7, 11) is 0. The predicted molar refractivity (Wildman–Crippen MR) is 67.0 cm³/mol. The van der Waals surface area contributed by atoms with Gasteiger partial charge in [-0.2, -0.15) is 0 Å². The molecule has 1 nitrogen and oxygen atoms in total. The molecule has 0 bridgehead atoms. The molecule has 0 aliphatic rings. The highest BCUT2D eigenvalue weighted by molar-refractivity contribution is 9.10. The Balaban J connectivity index is 0.000000151. The highest BCUT2D eigenvalue weighted by Gasteiger charge is 1.82. The van der Waals surface area contributed by atoms with Crippen LogP contribution in [0.1, 0.15) is 5.56 Å². The summed E-state index contributed by atoms with van der Waals surface area (Å²) < 4.78 is 1.15. The first-order valence-electron chi connectivity index (χ1n) is 4.64. The van der Waals surface area contributed by atoms with Crippen LogP contribution in [0.15, 0.2) is 59.1 Å². The molecule has 0 atom stereocenters. The maximum absolute atomic E-state index is 8.63. The van der Waals surface area contributed by atoms with Gasteiger partial charge in [0.2, 0.25) is 0 Å². The minimum absolute atomic E-state index is 0.322.